The minimum Gasteiger partial charge on any atom is -0.545 e. The van der Waals surface area contributed by atoms with Crippen LogP contribution in [-0.2, 0) is 13.1 Å². The summed E-state index contributed by atoms with van der Waals surface area (Å²) in [4.78, 5) is 34.8. The Morgan fingerprint density at radius 3 is 1.61 bits per heavy atom. The SMILES string of the molecule is CCCCCCCC[N+](Cc1ccccc1)(Cc1ccccc1)c1c([N+](=O)[O-])cc(C(=O)[O-])cc1[N+](=O)[O-]. The maximum Gasteiger partial charge on any atom is 0.337 e. The van der Waals surface area contributed by atoms with Crippen molar-refractivity contribution >= 4 is 23.0 Å². The second kappa shape index (κ2) is 13.4. The highest BCUT2D eigenvalue weighted by Crippen LogP contribution is 2.45. The zero-order chi connectivity index (χ0) is 27.5. The molecule has 200 valence electrons. The highest BCUT2D eigenvalue weighted by molar-refractivity contribution is 5.91. The molecular weight excluding hydrogens is 486 g/mol. The Morgan fingerprint density at radius 1 is 0.737 bits per heavy atom. The van der Waals surface area contributed by atoms with Crippen LogP contribution in [0.5, 0.6) is 0 Å². The van der Waals surface area contributed by atoms with E-state index < -0.39 is 32.8 Å². The van der Waals surface area contributed by atoms with E-state index in [4.69, 9.17) is 0 Å². The second-order valence-corrected chi connectivity index (χ2v) is 9.59. The van der Waals surface area contributed by atoms with Crippen LogP contribution in [-0.4, -0.2) is 22.4 Å². The van der Waals surface area contributed by atoms with E-state index in [1.165, 1.54) is 0 Å². The molecule has 0 aliphatic heterocycles. The number of nitro groups is 2. The van der Waals surface area contributed by atoms with Crippen LogP contribution < -0.4 is 9.59 Å². The van der Waals surface area contributed by atoms with Gasteiger partial charge in [-0.2, -0.15) is 0 Å². The molecule has 0 aromatic heterocycles. The number of aromatic carboxylic acids is 1. The lowest BCUT2D eigenvalue weighted by molar-refractivity contribution is -0.394. The summed E-state index contributed by atoms with van der Waals surface area (Å²) >= 11 is 0. The first-order valence-electron chi connectivity index (χ1n) is 12.9. The number of carboxylic acids is 1. The van der Waals surface area contributed by atoms with Crippen molar-refractivity contribution in [3.63, 3.8) is 0 Å². The molecule has 0 saturated heterocycles. The van der Waals surface area contributed by atoms with E-state index >= 15 is 0 Å². The van der Waals surface area contributed by atoms with Crippen molar-refractivity contribution in [1.29, 1.82) is 0 Å². The van der Waals surface area contributed by atoms with Crippen LogP contribution in [0.25, 0.3) is 0 Å². The Labute approximate surface area is 222 Å². The van der Waals surface area contributed by atoms with Crippen molar-refractivity contribution in [2.75, 3.05) is 6.54 Å². The van der Waals surface area contributed by atoms with Gasteiger partial charge in [0.1, 0.15) is 13.1 Å². The van der Waals surface area contributed by atoms with E-state index in [1.54, 1.807) is 0 Å². The number of carbonyl (C=O) groups excluding carboxylic acids is 1. The molecule has 9 heteroatoms. The molecule has 0 bridgehead atoms. The van der Waals surface area contributed by atoms with Crippen LogP contribution in [0, 0.1) is 20.2 Å². The molecular formula is C29H33N3O6. The molecule has 0 unspecified atom stereocenters. The number of benzene rings is 3. The van der Waals surface area contributed by atoms with Gasteiger partial charge in [-0.25, -0.2) is 0 Å². The Balaban J connectivity index is 2.26. The quantitative estimate of drug-likeness (QED) is 0.106. The Hall–Kier alpha value is -4.11. The normalized spacial score (nSPS) is 11.3. The summed E-state index contributed by atoms with van der Waals surface area (Å²) in [5.41, 5.74) is -0.132. The minimum atomic E-state index is -1.71. The van der Waals surface area contributed by atoms with Gasteiger partial charge in [-0.05, 0) is 12.8 Å². The summed E-state index contributed by atoms with van der Waals surface area (Å²) in [6, 6.07) is 20.5. The number of quaternary nitrogens is 1. The van der Waals surface area contributed by atoms with Crippen LogP contribution in [0.3, 0.4) is 0 Å². The first-order valence-corrected chi connectivity index (χ1v) is 12.9. The van der Waals surface area contributed by atoms with Gasteiger partial charge >= 0.3 is 11.4 Å². The molecule has 3 aromatic rings. The summed E-state index contributed by atoms with van der Waals surface area (Å²) in [6.07, 6.45) is 5.87. The number of carboxylic acid groups (broad SMARTS) is 1. The van der Waals surface area contributed by atoms with Gasteiger partial charge in [-0.15, -0.1) is 0 Å². The third-order valence-corrected chi connectivity index (χ3v) is 6.77. The van der Waals surface area contributed by atoms with E-state index in [2.05, 4.69) is 6.92 Å². The molecule has 0 atom stereocenters. The molecule has 3 aromatic carbocycles. The van der Waals surface area contributed by atoms with Gasteiger partial charge in [0.2, 0.25) is 0 Å². The number of hydrogen-bond acceptors (Lipinski definition) is 6. The largest absolute Gasteiger partial charge is 0.545 e. The molecule has 3 rings (SSSR count). The van der Waals surface area contributed by atoms with Crippen molar-refractivity contribution in [2.45, 2.75) is 58.5 Å². The molecule has 9 nitrogen and oxygen atoms in total. The number of unbranched alkanes of at least 4 members (excludes halogenated alkanes) is 5. The molecule has 0 amide bonds. The fourth-order valence-electron chi connectivity index (χ4n) is 5.03. The third kappa shape index (κ3) is 7.23. The molecule has 0 spiro atoms. The first kappa shape index (κ1) is 28.5. The number of carbonyl (C=O) groups is 1. The summed E-state index contributed by atoms with van der Waals surface area (Å²) in [5.74, 6) is -1.71. The van der Waals surface area contributed by atoms with Crippen LogP contribution >= 0.6 is 0 Å². The average molecular weight is 520 g/mol. The Morgan fingerprint density at radius 2 is 1.18 bits per heavy atom. The molecule has 0 heterocycles. The molecule has 0 radical (unpaired) electrons. The number of nitrogens with zero attached hydrogens (tertiary/aromatic N) is 3. The fourth-order valence-corrected chi connectivity index (χ4v) is 5.03. The van der Waals surface area contributed by atoms with Gasteiger partial charge in [0.25, 0.3) is 5.69 Å². The van der Waals surface area contributed by atoms with Crippen molar-refractivity contribution in [3.8, 4) is 0 Å². The summed E-state index contributed by atoms with van der Waals surface area (Å²) in [6.45, 7) is 3.06. The van der Waals surface area contributed by atoms with E-state index in [-0.39, 0.29) is 23.3 Å². The smallest absolute Gasteiger partial charge is 0.337 e. The maximum absolute atomic E-state index is 12.3. The monoisotopic (exact) mass is 519 g/mol. The van der Waals surface area contributed by atoms with Gasteiger partial charge in [0.05, 0.1) is 22.4 Å². The highest BCUT2D eigenvalue weighted by Gasteiger charge is 2.45. The van der Waals surface area contributed by atoms with E-state index in [0.717, 1.165) is 55.4 Å². The molecule has 0 aliphatic rings. The van der Waals surface area contributed by atoms with Crippen LogP contribution in [0.2, 0.25) is 0 Å². The van der Waals surface area contributed by atoms with Crippen molar-refractivity contribution in [3.05, 3.63) is 110 Å². The van der Waals surface area contributed by atoms with Gasteiger partial charge in [-0.3, -0.25) is 24.7 Å². The van der Waals surface area contributed by atoms with Gasteiger partial charge in [-0.1, -0.05) is 93.3 Å². The average Bonchev–Trinajstić information content (AvgIpc) is 2.90. The molecule has 0 N–H and O–H groups in total. The van der Waals surface area contributed by atoms with Gasteiger partial charge < -0.3 is 9.90 Å². The van der Waals surface area contributed by atoms with Crippen LogP contribution in [0.15, 0.2) is 72.8 Å². The van der Waals surface area contributed by atoms with Crippen LogP contribution in [0.1, 0.15) is 66.9 Å². The molecule has 0 fully saturated rings. The fraction of sp³-hybridized carbons (Fsp3) is 0.345. The first-order chi connectivity index (χ1) is 18.3. The zero-order valence-corrected chi connectivity index (χ0v) is 21.6. The number of hydrogen-bond donors (Lipinski definition) is 0. The van der Waals surface area contributed by atoms with Gasteiger partial charge in [0, 0.05) is 28.8 Å². The second-order valence-electron chi connectivity index (χ2n) is 9.59. The Kier molecular flexibility index (Phi) is 10.1. The lowest BCUT2D eigenvalue weighted by Crippen LogP contribution is -2.49. The summed E-state index contributed by atoms with van der Waals surface area (Å²) in [5, 5.41) is 36.3. The summed E-state index contributed by atoms with van der Waals surface area (Å²) < 4.78 is -0.0955. The van der Waals surface area contributed by atoms with Crippen molar-refractivity contribution in [1.82, 2.24) is 4.48 Å². The highest BCUT2D eigenvalue weighted by atomic mass is 16.6. The summed E-state index contributed by atoms with van der Waals surface area (Å²) in [7, 11) is 0. The van der Waals surface area contributed by atoms with Crippen LogP contribution in [0.4, 0.5) is 17.1 Å². The predicted molar refractivity (Wildman–Crippen MR) is 144 cm³/mol. The lowest BCUT2D eigenvalue weighted by Gasteiger charge is -2.38. The lowest BCUT2D eigenvalue weighted by atomic mass is 10.0. The zero-order valence-electron chi connectivity index (χ0n) is 21.6. The maximum atomic E-state index is 12.3. The van der Waals surface area contributed by atoms with Gasteiger partial charge in [0.15, 0.2) is 0 Å². The molecule has 0 aliphatic carbocycles. The standard InChI is InChI=1S/C29H33N3O6/c1-2-3-4-5-6-13-18-32(21-23-14-9-7-10-15-23,22-24-16-11-8-12-17-24)28-26(30(35)36)19-25(29(33)34)20-27(28)31(37)38/h7-12,14-17,19-20H,2-6,13,18,21-22H2,1H3. The number of rotatable bonds is 15. The van der Waals surface area contributed by atoms with E-state index in [1.807, 2.05) is 60.7 Å². The van der Waals surface area contributed by atoms with Crippen molar-refractivity contribution < 1.29 is 19.7 Å². The molecule has 0 saturated carbocycles. The topological polar surface area (TPSA) is 126 Å². The van der Waals surface area contributed by atoms with E-state index in [0.29, 0.717) is 13.0 Å². The predicted octanol–water partition coefficient (Wildman–Crippen LogP) is 5.93. The number of nitro benzene ring substituents is 2. The third-order valence-electron chi connectivity index (χ3n) is 6.77. The Bertz CT molecular complexity index is 1170. The minimum absolute atomic E-state index is 0.0914. The molecule has 38 heavy (non-hydrogen) atoms. The van der Waals surface area contributed by atoms with Crippen molar-refractivity contribution in [2.24, 2.45) is 0 Å². The van der Waals surface area contributed by atoms with E-state index in [9.17, 15) is 30.1 Å².